The number of carbonyl (C=O) groups is 2. The number of allylic oxidation sites excluding steroid dienone is 11. The van der Waals surface area contributed by atoms with Crippen molar-refractivity contribution in [2.45, 2.75) is 311 Å². The van der Waals surface area contributed by atoms with Crippen molar-refractivity contribution in [3.05, 3.63) is 120 Å². The molecular weight excluding hydrogens is 1400 g/mol. The minimum atomic E-state index is -2.24. The van der Waals surface area contributed by atoms with Crippen LogP contribution < -0.4 is 0 Å². The van der Waals surface area contributed by atoms with Crippen LogP contribution in [0.3, 0.4) is 0 Å². The van der Waals surface area contributed by atoms with Crippen molar-refractivity contribution in [3.8, 4) is 17.2 Å². The Hall–Kier alpha value is -4.91. The van der Waals surface area contributed by atoms with E-state index in [1.807, 2.05) is 13.0 Å². The van der Waals surface area contributed by atoms with Gasteiger partial charge in [0.25, 0.3) is 0 Å². The first kappa shape index (κ1) is 96.3. The van der Waals surface area contributed by atoms with Gasteiger partial charge in [0.2, 0.25) is 0 Å². The number of rotatable bonds is 9. The van der Waals surface area contributed by atoms with Crippen LogP contribution in [0.5, 0.6) is 17.2 Å². The molecule has 1 saturated heterocycles. The lowest BCUT2D eigenvalue weighted by atomic mass is 9.78. The van der Waals surface area contributed by atoms with Gasteiger partial charge in [0, 0.05) is 74.5 Å². The molecule has 23 nitrogen and oxygen atoms in total. The zero-order chi connectivity index (χ0) is 80.1. The van der Waals surface area contributed by atoms with Crippen LogP contribution in [0.15, 0.2) is 120 Å². The SMILES string of the molecule is CO[C@H](CC[C@@H](C)/C=C/C=C/[C@H]1C[C@H](O)C[C@H](O)CCCC[C@@H](C)CC[C@@H](O)C[C@H](O)C\C=C/C=C\C=C/[C@@H](O)CC(=O)C[C@H](O)C/C=C\C=C/[C@H](O)C[C@H](O)C[C@@H](O)CC[C@H](C)[C@@H](O)C[C@@H](O)[C@H](C)[C@@H](O)/C(C)=C\C=C/[C@@H](C)[C@H](O)[C@@H](C)[C@H]2O[C@@](O)(CC(=O)O1)C[C@H](O)[C@@H]2C)c1c(O)c(O)cc(O)c1SC. The molecule has 24 heteroatoms. The molecule has 1 fully saturated rings. The highest BCUT2D eigenvalue weighted by Crippen LogP contribution is 2.47. The maximum atomic E-state index is 14.0. The van der Waals surface area contributed by atoms with Crippen LogP contribution in [0.1, 0.15) is 208 Å². The van der Waals surface area contributed by atoms with Crippen LogP contribution >= 0.6 is 11.8 Å². The standard InChI is InChI=1S/C83H134O23S/c1-51-24-19-21-32-63(88)44-68(93)46-69(33-22-20-25-52(2)35-39-75(104-9)77-80(102)72(96)48-73(97)82(77)107-10)105-76(99)50-83(103)49-74(98)57(7)81(106-83)58(8)79(101)55(5)27-23-26-54(4)78(100)56(6)71(95)47-70(94)53(3)36-38-65(90)45-67(92)43-62(87)31-18-14-17-30-61(86)42-66(91)41-60(85)29-16-13-11-12-15-28-59(84)40-64(89)37-34-51/h11-18,20,22-23,25-27,29,31,33,48,51-53,55-65,67-71,74-75,78-79,81,84-90,92-98,100-103H,19,21,24,28,30,32,34-47,49-50H2,1-10H3/b13-11-,15-12-,17-14-,25-20+,27-23-,29-16-,31-18-,33-22+,54-26-/t51-,52+,53+,55-,56+,57+,58-,59-,60-,61-,62+,63-,64-,65+,67+,68-,69+,70+,71-,74+,75-,78+,79+,81+,83-/m1/s1. The Morgan fingerprint density at radius 2 is 1.20 bits per heavy atom. The van der Waals surface area contributed by atoms with Crippen molar-refractivity contribution in [1.29, 1.82) is 0 Å². The van der Waals surface area contributed by atoms with Crippen molar-refractivity contribution in [3.63, 3.8) is 0 Å². The zero-order valence-electron chi connectivity index (χ0n) is 64.8. The Morgan fingerprint density at radius 1 is 0.598 bits per heavy atom. The number of hydrogen-bond acceptors (Lipinski definition) is 24. The number of Topliss-reactive ketones (excluding diaryl/α,β-unsaturated/α-hetero) is 1. The number of methoxy groups -OCH3 is 1. The number of esters is 1. The molecule has 2 aliphatic rings. The summed E-state index contributed by atoms with van der Waals surface area (Å²) in [5.41, 5.74) is 0.756. The number of thioether (sulfide) groups is 1. The molecule has 610 valence electrons. The van der Waals surface area contributed by atoms with Crippen molar-refractivity contribution in [2.75, 3.05) is 13.4 Å². The highest BCUT2D eigenvalue weighted by Gasteiger charge is 2.49. The Morgan fingerprint density at radius 3 is 1.87 bits per heavy atom. The molecule has 0 unspecified atom stereocenters. The van der Waals surface area contributed by atoms with Gasteiger partial charge in [-0.15, -0.1) is 11.8 Å². The lowest BCUT2D eigenvalue weighted by molar-refractivity contribution is -0.302. The normalized spacial score (nSPS) is 37.9. The second kappa shape index (κ2) is 50.9. The smallest absolute Gasteiger partial charge is 0.311 e. The van der Waals surface area contributed by atoms with Crippen LogP contribution in [0.4, 0.5) is 0 Å². The Labute approximate surface area is 639 Å². The summed E-state index contributed by atoms with van der Waals surface area (Å²) in [6.45, 7) is 14.3. The van der Waals surface area contributed by atoms with Crippen LogP contribution in [-0.4, -0.2) is 220 Å². The molecule has 0 aromatic heterocycles. The number of aromatic hydroxyl groups is 3. The van der Waals surface area contributed by atoms with Gasteiger partial charge in [0.05, 0.1) is 109 Å². The first-order chi connectivity index (χ1) is 50.5. The molecule has 2 aliphatic heterocycles. The predicted octanol–water partition coefficient (Wildman–Crippen LogP) is 9.28. The van der Waals surface area contributed by atoms with Crippen molar-refractivity contribution in [1.82, 2.24) is 0 Å². The number of hydrogen-bond donors (Lipinski definition) is 18. The summed E-state index contributed by atoms with van der Waals surface area (Å²) >= 11 is 1.20. The highest BCUT2D eigenvalue weighted by molar-refractivity contribution is 7.98. The largest absolute Gasteiger partial charge is 0.507 e. The number of ether oxygens (including phenoxy) is 3. The summed E-state index contributed by atoms with van der Waals surface area (Å²) in [6, 6.07) is 1.07. The van der Waals surface area contributed by atoms with Gasteiger partial charge in [0.1, 0.15) is 17.6 Å². The zero-order valence-corrected chi connectivity index (χ0v) is 65.6. The third-order valence-corrected chi connectivity index (χ3v) is 21.6. The fourth-order valence-electron chi connectivity index (χ4n) is 13.7. The van der Waals surface area contributed by atoms with Crippen molar-refractivity contribution < 1.29 is 116 Å². The molecule has 3 rings (SSSR count). The maximum Gasteiger partial charge on any atom is 0.311 e. The van der Waals surface area contributed by atoms with E-state index in [2.05, 4.69) is 6.92 Å². The van der Waals surface area contributed by atoms with Crippen LogP contribution in [0.25, 0.3) is 0 Å². The van der Waals surface area contributed by atoms with E-state index >= 15 is 0 Å². The molecule has 25 atom stereocenters. The van der Waals surface area contributed by atoms with E-state index in [4.69, 9.17) is 14.2 Å². The average Bonchev–Trinajstić information content (AvgIpc) is 0.790. The van der Waals surface area contributed by atoms with Gasteiger partial charge < -0.3 is 106 Å². The second-order valence-corrected chi connectivity index (χ2v) is 31.5. The number of benzene rings is 1. The van der Waals surface area contributed by atoms with E-state index in [9.17, 15) is 102 Å². The van der Waals surface area contributed by atoms with Gasteiger partial charge in [-0.05, 0) is 126 Å². The van der Waals surface area contributed by atoms with E-state index in [0.29, 0.717) is 61.8 Å². The number of aliphatic hydroxyl groups is 15. The topological polar surface area (TPSA) is 426 Å². The molecule has 1 aromatic rings. The minimum Gasteiger partial charge on any atom is -0.507 e. The molecule has 107 heavy (non-hydrogen) atoms. The molecule has 18 N–H and O–H groups in total. The van der Waals surface area contributed by atoms with E-state index < -0.39 is 151 Å². The van der Waals surface area contributed by atoms with Crippen molar-refractivity contribution in [2.24, 2.45) is 41.4 Å². The highest BCUT2D eigenvalue weighted by atomic mass is 32.2. The van der Waals surface area contributed by atoms with Gasteiger partial charge in [-0.3, -0.25) is 9.59 Å². The van der Waals surface area contributed by atoms with Gasteiger partial charge in [-0.1, -0.05) is 165 Å². The molecule has 1 aromatic carbocycles. The summed E-state index contributed by atoms with van der Waals surface area (Å²) in [7, 11) is 1.47. The number of cyclic esters (lactones) is 1. The van der Waals surface area contributed by atoms with E-state index in [-0.39, 0.29) is 111 Å². The number of aliphatic hydroxyl groups excluding tert-OH is 14. The summed E-state index contributed by atoms with van der Waals surface area (Å²) in [5, 5.41) is 197. The van der Waals surface area contributed by atoms with E-state index in [1.165, 1.54) is 31.0 Å². The van der Waals surface area contributed by atoms with Crippen LogP contribution in [0, 0.1) is 41.4 Å². The number of ketones is 1. The quantitative estimate of drug-likeness (QED) is 0.0360. The number of phenolic OH excluding ortho intramolecular Hbond substituents is 3. The molecule has 2 bridgehead atoms. The molecule has 0 amide bonds. The Bertz CT molecular complexity index is 2980. The van der Waals surface area contributed by atoms with Gasteiger partial charge >= 0.3 is 5.97 Å². The fraction of sp³-hybridized carbons (Fsp3) is 0.687. The molecule has 0 radical (unpaired) electrons. The third-order valence-electron chi connectivity index (χ3n) is 20.8. The van der Waals surface area contributed by atoms with Crippen LogP contribution in [-0.2, 0) is 23.8 Å². The molecule has 0 saturated carbocycles. The number of fused-ring (bicyclic) bond motifs is 2. The molecule has 0 spiro atoms. The summed E-state index contributed by atoms with van der Waals surface area (Å²) < 4.78 is 17.9. The average molecular weight is 1530 g/mol. The monoisotopic (exact) mass is 1530 g/mol. The van der Waals surface area contributed by atoms with Gasteiger partial charge in [0.15, 0.2) is 17.3 Å². The lowest BCUT2D eigenvalue weighted by Crippen LogP contribution is -2.55. The van der Waals surface area contributed by atoms with E-state index in [0.717, 1.165) is 18.9 Å². The Balaban J connectivity index is 1.80. The summed E-state index contributed by atoms with van der Waals surface area (Å²) in [6.07, 6.45) is 16.8. The third kappa shape index (κ3) is 37.3. The molecular formula is C83H134O23S. The summed E-state index contributed by atoms with van der Waals surface area (Å²) in [5.74, 6) is -7.35. The predicted molar refractivity (Wildman–Crippen MR) is 414 cm³/mol. The molecule has 0 aliphatic carbocycles. The first-order valence-corrected chi connectivity index (χ1v) is 39.7. The molecule has 2 heterocycles. The minimum absolute atomic E-state index is 0.0371. The van der Waals surface area contributed by atoms with E-state index in [1.54, 1.807) is 133 Å². The second-order valence-electron chi connectivity index (χ2n) is 30.6. The lowest BCUT2D eigenvalue weighted by Gasteiger charge is -2.46. The first-order valence-electron chi connectivity index (χ1n) is 38.5. The number of carbonyl (C=O) groups excluding carboxylic acids is 2. The van der Waals surface area contributed by atoms with Gasteiger partial charge in [-0.25, -0.2) is 0 Å². The Kier molecular flexibility index (Phi) is 45.8. The number of phenols is 3. The van der Waals surface area contributed by atoms with Crippen molar-refractivity contribution >= 4 is 23.5 Å². The fourth-order valence-corrected chi connectivity index (χ4v) is 14.5. The van der Waals surface area contributed by atoms with Crippen LogP contribution in [0.2, 0.25) is 0 Å². The van der Waals surface area contributed by atoms with Gasteiger partial charge in [-0.2, -0.15) is 0 Å². The summed E-state index contributed by atoms with van der Waals surface area (Å²) in [4.78, 5) is 26.9. The maximum absolute atomic E-state index is 14.0.